The summed E-state index contributed by atoms with van der Waals surface area (Å²) < 4.78 is 6.32. The number of ether oxygens (including phenoxy) is 1. The highest BCUT2D eigenvalue weighted by molar-refractivity contribution is 6.44. The molecule has 1 aliphatic heterocycles. The van der Waals surface area contributed by atoms with Gasteiger partial charge in [0.15, 0.2) is 5.78 Å². The summed E-state index contributed by atoms with van der Waals surface area (Å²) in [7, 11) is 0. The lowest BCUT2D eigenvalue weighted by atomic mass is 10.0. The molecule has 2 aromatic rings. The molecule has 2 heterocycles. The van der Waals surface area contributed by atoms with Crippen LogP contribution in [0.25, 0.3) is 10.9 Å². The molecule has 8 nitrogen and oxygen atoms in total. The second kappa shape index (κ2) is 5.05. The number of hydrogen-bond donors (Lipinski definition) is 2. The molecule has 0 saturated heterocycles. The Bertz CT molecular complexity index is 969. The minimum atomic E-state index is -2.07. The third kappa shape index (κ3) is 1.86. The predicted octanol–water partition coefficient (Wildman–Crippen LogP) is 0.956. The zero-order valence-corrected chi connectivity index (χ0v) is 12.5. The minimum Gasteiger partial charge on any atom is -0.478 e. The van der Waals surface area contributed by atoms with Crippen molar-refractivity contribution in [1.29, 1.82) is 0 Å². The van der Waals surface area contributed by atoms with Gasteiger partial charge in [-0.15, -0.1) is 0 Å². The molecular formula is C16H12N2O6. The number of carbonyl (C=O) groups excluding carboxylic acids is 3. The van der Waals surface area contributed by atoms with Gasteiger partial charge in [-0.1, -0.05) is 6.58 Å². The predicted molar refractivity (Wildman–Crippen MR) is 83.3 cm³/mol. The SMILES string of the molecule is C=CC(=O)c1ccc2c3c(N)c(C)n2C(=O)C(=O)C(C(=O)O)Oc13. The van der Waals surface area contributed by atoms with Crippen LogP contribution < -0.4 is 10.5 Å². The van der Waals surface area contributed by atoms with Crippen molar-refractivity contribution >= 4 is 40.0 Å². The van der Waals surface area contributed by atoms with Gasteiger partial charge >= 0.3 is 11.9 Å². The molecule has 0 saturated carbocycles. The van der Waals surface area contributed by atoms with Crippen LogP contribution in [0.15, 0.2) is 24.8 Å². The lowest BCUT2D eigenvalue weighted by Crippen LogP contribution is -2.43. The molecule has 1 atom stereocenters. The van der Waals surface area contributed by atoms with Gasteiger partial charge < -0.3 is 15.6 Å². The highest BCUT2D eigenvalue weighted by Gasteiger charge is 2.40. The van der Waals surface area contributed by atoms with Gasteiger partial charge in [-0.25, -0.2) is 4.79 Å². The van der Waals surface area contributed by atoms with Crippen LogP contribution in [0.3, 0.4) is 0 Å². The normalized spacial score (nSPS) is 16.6. The average Bonchev–Trinajstić information content (AvgIpc) is 2.82. The van der Waals surface area contributed by atoms with Crippen LogP contribution in [0.5, 0.6) is 5.75 Å². The summed E-state index contributed by atoms with van der Waals surface area (Å²) in [5, 5.41) is 9.44. The van der Waals surface area contributed by atoms with E-state index in [1.165, 1.54) is 19.1 Å². The van der Waals surface area contributed by atoms with Gasteiger partial charge in [0.1, 0.15) is 5.75 Å². The van der Waals surface area contributed by atoms with Crippen LogP contribution in [0, 0.1) is 6.92 Å². The molecule has 0 radical (unpaired) electrons. The number of Topliss-reactive ketones (excluding diaryl/α,β-unsaturated/α-hetero) is 1. The van der Waals surface area contributed by atoms with E-state index in [4.69, 9.17) is 10.5 Å². The number of nitrogens with two attached hydrogens (primary N) is 1. The minimum absolute atomic E-state index is 0.00903. The van der Waals surface area contributed by atoms with E-state index in [0.29, 0.717) is 0 Å². The number of nitrogen functional groups attached to an aromatic ring is 1. The first-order chi connectivity index (χ1) is 11.3. The standard InChI is InChI=1S/C16H12N2O6/c1-3-9(19)7-4-5-8-10-11(17)6(2)18(8)15(21)12(20)14(16(22)23)24-13(7)10/h3-5,14H,1,17H2,2H3,(H,22,23). The number of benzene rings is 1. The Morgan fingerprint density at radius 3 is 2.62 bits per heavy atom. The maximum Gasteiger partial charge on any atom is 0.353 e. The summed E-state index contributed by atoms with van der Waals surface area (Å²) in [5.41, 5.74) is 6.68. The molecule has 8 heteroatoms. The van der Waals surface area contributed by atoms with Crippen molar-refractivity contribution in [1.82, 2.24) is 4.57 Å². The number of anilines is 1. The topological polar surface area (TPSA) is 129 Å². The molecule has 1 aliphatic rings. The number of aromatic nitrogens is 1. The van der Waals surface area contributed by atoms with Gasteiger partial charge in [-0.2, -0.15) is 0 Å². The summed E-state index contributed by atoms with van der Waals surface area (Å²) in [6.07, 6.45) is -1.04. The second-order valence-electron chi connectivity index (χ2n) is 5.24. The first-order valence-electron chi connectivity index (χ1n) is 6.87. The summed E-state index contributed by atoms with van der Waals surface area (Å²) in [4.78, 5) is 48.0. The van der Waals surface area contributed by atoms with Crippen molar-refractivity contribution in [3.05, 3.63) is 36.0 Å². The van der Waals surface area contributed by atoms with Crippen LogP contribution in [0.4, 0.5) is 5.69 Å². The van der Waals surface area contributed by atoms with E-state index in [1.807, 2.05) is 0 Å². The number of nitrogens with zero attached hydrogens (tertiary/aromatic N) is 1. The van der Waals surface area contributed by atoms with Crippen LogP contribution in [-0.4, -0.2) is 39.2 Å². The fourth-order valence-electron chi connectivity index (χ4n) is 2.75. The van der Waals surface area contributed by atoms with E-state index in [9.17, 15) is 24.3 Å². The fraction of sp³-hybridized carbons (Fsp3) is 0.125. The Kier molecular flexibility index (Phi) is 3.26. The third-order valence-corrected chi connectivity index (χ3v) is 3.93. The summed E-state index contributed by atoms with van der Waals surface area (Å²) >= 11 is 0. The summed E-state index contributed by atoms with van der Waals surface area (Å²) in [6, 6.07) is 2.83. The first-order valence-corrected chi connectivity index (χ1v) is 6.87. The Labute approximate surface area is 135 Å². The number of carboxylic acid groups (broad SMARTS) is 1. The number of allylic oxidation sites excluding steroid dienone is 1. The van der Waals surface area contributed by atoms with Gasteiger partial charge in [0.05, 0.1) is 22.2 Å². The molecule has 3 N–H and O–H groups in total. The lowest BCUT2D eigenvalue weighted by Gasteiger charge is -2.19. The molecule has 3 rings (SSSR count). The Morgan fingerprint density at radius 1 is 1.38 bits per heavy atom. The van der Waals surface area contributed by atoms with E-state index in [2.05, 4.69) is 6.58 Å². The Hall–Kier alpha value is -3.42. The Morgan fingerprint density at radius 2 is 2.04 bits per heavy atom. The van der Waals surface area contributed by atoms with Crippen LogP contribution in [-0.2, 0) is 9.59 Å². The van der Waals surface area contributed by atoms with Crippen LogP contribution >= 0.6 is 0 Å². The Balaban J connectivity index is 2.49. The first kappa shape index (κ1) is 15.5. The van der Waals surface area contributed by atoms with E-state index in [1.54, 1.807) is 0 Å². The number of carbonyl (C=O) groups is 4. The molecule has 0 spiro atoms. The second-order valence-corrected chi connectivity index (χ2v) is 5.24. The molecule has 4 bridgehead atoms. The maximum atomic E-state index is 12.4. The van der Waals surface area contributed by atoms with E-state index in [0.717, 1.165) is 10.6 Å². The summed E-state index contributed by atoms with van der Waals surface area (Å²) in [6.45, 7) is 4.89. The van der Waals surface area contributed by atoms with Crippen molar-refractivity contribution in [2.24, 2.45) is 0 Å². The lowest BCUT2D eigenvalue weighted by molar-refractivity contribution is -0.149. The van der Waals surface area contributed by atoms with Crippen LogP contribution in [0.2, 0.25) is 0 Å². The van der Waals surface area contributed by atoms with Crippen LogP contribution in [0.1, 0.15) is 20.8 Å². The zero-order chi connectivity index (χ0) is 17.8. The third-order valence-electron chi connectivity index (χ3n) is 3.93. The van der Waals surface area contributed by atoms with E-state index in [-0.39, 0.29) is 33.6 Å². The number of hydrogen-bond acceptors (Lipinski definition) is 6. The van der Waals surface area contributed by atoms with E-state index >= 15 is 0 Å². The van der Waals surface area contributed by atoms with Gasteiger partial charge in [-0.05, 0) is 25.1 Å². The molecule has 0 fully saturated rings. The molecule has 1 unspecified atom stereocenters. The number of carboxylic acids is 1. The van der Waals surface area contributed by atoms with Gasteiger partial charge in [0, 0.05) is 5.69 Å². The monoisotopic (exact) mass is 328 g/mol. The fourth-order valence-corrected chi connectivity index (χ4v) is 2.75. The molecule has 0 amide bonds. The van der Waals surface area contributed by atoms with Gasteiger partial charge in [0.2, 0.25) is 0 Å². The zero-order valence-electron chi connectivity index (χ0n) is 12.5. The smallest absolute Gasteiger partial charge is 0.353 e. The maximum absolute atomic E-state index is 12.4. The molecule has 24 heavy (non-hydrogen) atoms. The van der Waals surface area contributed by atoms with Crippen molar-refractivity contribution < 1.29 is 29.0 Å². The van der Waals surface area contributed by atoms with Crippen molar-refractivity contribution in [3.8, 4) is 5.75 Å². The largest absolute Gasteiger partial charge is 0.478 e. The molecule has 1 aromatic heterocycles. The molecule has 1 aromatic carbocycles. The van der Waals surface area contributed by atoms with Gasteiger partial charge in [-0.3, -0.25) is 19.0 Å². The van der Waals surface area contributed by atoms with E-state index < -0.39 is 29.5 Å². The van der Waals surface area contributed by atoms with Gasteiger partial charge in [0.25, 0.3) is 11.9 Å². The van der Waals surface area contributed by atoms with Crippen molar-refractivity contribution in [3.63, 3.8) is 0 Å². The molecule has 0 aliphatic carbocycles. The van der Waals surface area contributed by atoms with Crippen molar-refractivity contribution in [2.75, 3.05) is 5.73 Å². The number of ketones is 2. The number of aliphatic carboxylic acids is 1. The quantitative estimate of drug-likeness (QED) is 0.371. The number of rotatable bonds is 3. The molecular weight excluding hydrogens is 316 g/mol. The molecule has 122 valence electrons. The highest BCUT2D eigenvalue weighted by atomic mass is 16.5. The van der Waals surface area contributed by atoms with Crippen molar-refractivity contribution in [2.45, 2.75) is 13.0 Å². The highest BCUT2D eigenvalue weighted by Crippen LogP contribution is 2.40. The average molecular weight is 328 g/mol. The summed E-state index contributed by atoms with van der Waals surface area (Å²) in [5.74, 6) is -4.63.